The van der Waals surface area contributed by atoms with Gasteiger partial charge in [0.25, 0.3) is 0 Å². The van der Waals surface area contributed by atoms with Gasteiger partial charge in [-0.25, -0.2) is 0 Å². The van der Waals surface area contributed by atoms with Gasteiger partial charge in [0.15, 0.2) is 5.82 Å². The quantitative estimate of drug-likeness (QED) is 0.876. The minimum atomic E-state index is -4.13. The first-order valence-electron chi connectivity index (χ1n) is 6.04. The van der Waals surface area contributed by atoms with Gasteiger partial charge < -0.3 is 10.6 Å². The zero-order chi connectivity index (χ0) is 13.9. The largest absolute Gasteiger partial charge is 0.401 e. The summed E-state index contributed by atoms with van der Waals surface area (Å²) in [5, 5.41) is 7.97. The van der Waals surface area contributed by atoms with Crippen LogP contribution < -0.4 is 10.6 Å². The van der Waals surface area contributed by atoms with Crippen molar-refractivity contribution in [3.63, 3.8) is 0 Å². The molecule has 0 amide bonds. The van der Waals surface area contributed by atoms with E-state index in [0.29, 0.717) is 44.2 Å². The Morgan fingerprint density at radius 3 is 2.26 bits per heavy atom. The highest BCUT2D eigenvalue weighted by Crippen LogP contribution is 2.19. The van der Waals surface area contributed by atoms with Crippen molar-refractivity contribution in [2.75, 3.05) is 37.6 Å². The van der Waals surface area contributed by atoms with E-state index in [-0.39, 0.29) is 0 Å². The third-order valence-corrected chi connectivity index (χ3v) is 3.01. The summed E-state index contributed by atoms with van der Waals surface area (Å²) in [6.45, 7) is 1.27. The maximum atomic E-state index is 12.3. The first-order chi connectivity index (χ1) is 8.98. The molecule has 0 aliphatic carbocycles. The molecule has 1 aliphatic heterocycles. The van der Waals surface area contributed by atoms with E-state index in [2.05, 4.69) is 10.2 Å². The molecule has 0 aromatic carbocycles. The summed E-state index contributed by atoms with van der Waals surface area (Å²) in [6, 6.07) is 3.58. The van der Waals surface area contributed by atoms with E-state index >= 15 is 0 Å². The van der Waals surface area contributed by atoms with Crippen LogP contribution in [0.2, 0.25) is 0 Å². The molecule has 0 atom stereocenters. The van der Waals surface area contributed by atoms with Crippen LogP contribution in [0.3, 0.4) is 0 Å². The Labute approximate surface area is 109 Å². The number of nitrogens with zero attached hydrogens (tertiary/aromatic N) is 4. The van der Waals surface area contributed by atoms with Gasteiger partial charge in [0, 0.05) is 32.7 Å². The second-order valence-electron chi connectivity index (χ2n) is 4.47. The van der Waals surface area contributed by atoms with Crippen LogP contribution in [0.25, 0.3) is 0 Å². The van der Waals surface area contributed by atoms with Crippen LogP contribution in [0.4, 0.5) is 19.0 Å². The Hall–Kier alpha value is -1.41. The van der Waals surface area contributed by atoms with Gasteiger partial charge in [0.1, 0.15) is 0 Å². The van der Waals surface area contributed by atoms with Crippen LogP contribution in [0.5, 0.6) is 0 Å². The summed E-state index contributed by atoms with van der Waals surface area (Å²) in [5.41, 5.74) is 6.12. The summed E-state index contributed by atoms with van der Waals surface area (Å²) in [6.07, 6.45) is -4.13. The van der Waals surface area contributed by atoms with Crippen molar-refractivity contribution in [3.05, 3.63) is 17.8 Å². The Morgan fingerprint density at radius 1 is 1.11 bits per heavy atom. The molecule has 1 aliphatic rings. The molecule has 0 spiro atoms. The minimum Gasteiger partial charge on any atom is -0.353 e. The smallest absolute Gasteiger partial charge is 0.353 e. The molecule has 1 aromatic heterocycles. The van der Waals surface area contributed by atoms with Crippen molar-refractivity contribution in [1.82, 2.24) is 15.1 Å². The van der Waals surface area contributed by atoms with E-state index in [1.807, 2.05) is 4.90 Å². The lowest BCUT2D eigenvalue weighted by Crippen LogP contribution is -2.49. The van der Waals surface area contributed by atoms with Crippen molar-refractivity contribution in [3.8, 4) is 0 Å². The van der Waals surface area contributed by atoms with Gasteiger partial charge in [-0.15, -0.1) is 5.10 Å². The molecule has 0 unspecified atom stereocenters. The third kappa shape index (κ3) is 4.03. The number of hydrogen-bond donors (Lipinski definition) is 1. The number of rotatable bonds is 3. The highest BCUT2D eigenvalue weighted by molar-refractivity contribution is 5.37. The number of nitrogens with two attached hydrogens (primary N) is 1. The molecule has 1 aromatic rings. The molecule has 8 heteroatoms. The van der Waals surface area contributed by atoms with E-state index < -0.39 is 12.7 Å². The summed E-state index contributed by atoms with van der Waals surface area (Å²) >= 11 is 0. The van der Waals surface area contributed by atoms with Crippen LogP contribution in [0, 0.1) is 0 Å². The molecule has 2 heterocycles. The Morgan fingerprint density at radius 2 is 1.79 bits per heavy atom. The van der Waals surface area contributed by atoms with Crippen molar-refractivity contribution < 1.29 is 13.2 Å². The monoisotopic (exact) mass is 275 g/mol. The van der Waals surface area contributed by atoms with Crippen LogP contribution >= 0.6 is 0 Å². The molecule has 106 valence electrons. The molecule has 5 nitrogen and oxygen atoms in total. The highest BCUT2D eigenvalue weighted by atomic mass is 19.4. The van der Waals surface area contributed by atoms with Gasteiger partial charge in [-0.2, -0.15) is 18.3 Å². The van der Waals surface area contributed by atoms with Crippen LogP contribution in [0.15, 0.2) is 12.1 Å². The fourth-order valence-corrected chi connectivity index (χ4v) is 2.02. The molecule has 1 fully saturated rings. The molecule has 0 saturated carbocycles. The predicted octanol–water partition coefficient (Wildman–Crippen LogP) is 0.620. The standard InChI is InChI=1S/C11H16F3N5/c12-11(13,14)8-18-3-5-19(6-4-18)10-2-1-9(7-15)16-17-10/h1-2H,3-8,15H2. The number of alkyl halides is 3. The van der Waals surface area contributed by atoms with E-state index in [9.17, 15) is 13.2 Å². The molecular formula is C11H16F3N5. The lowest BCUT2D eigenvalue weighted by atomic mass is 10.3. The molecule has 19 heavy (non-hydrogen) atoms. The Kier molecular flexibility index (Phi) is 4.20. The molecule has 2 N–H and O–H groups in total. The average Bonchev–Trinajstić information content (AvgIpc) is 2.38. The van der Waals surface area contributed by atoms with Crippen LogP contribution in [-0.2, 0) is 6.54 Å². The van der Waals surface area contributed by atoms with E-state index in [1.54, 1.807) is 12.1 Å². The van der Waals surface area contributed by atoms with Crippen molar-refractivity contribution in [2.24, 2.45) is 5.73 Å². The van der Waals surface area contributed by atoms with Crippen LogP contribution in [0.1, 0.15) is 5.69 Å². The fraction of sp³-hybridized carbons (Fsp3) is 0.636. The molecule has 0 bridgehead atoms. The normalized spacial score (nSPS) is 17.8. The number of halogens is 3. The van der Waals surface area contributed by atoms with Gasteiger partial charge in [-0.05, 0) is 12.1 Å². The SMILES string of the molecule is NCc1ccc(N2CCN(CC(F)(F)F)CC2)nn1. The first-order valence-corrected chi connectivity index (χ1v) is 6.04. The first kappa shape index (κ1) is 14.0. The average molecular weight is 275 g/mol. The topological polar surface area (TPSA) is 58.3 Å². The fourth-order valence-electron chi connectivity index (χ4n) is 2.02. The zero-order valence-electron chi connectivity index (χ0n) is 10.4. The highest BCUT2D eigenvalue weighted by Gasteiger charge is 2.32. The maximum absolute atomic E-state index is 12.3. The Balaban J connectivity index is 1.88. The summed E-state index contributed by atoms with van der Waals surface area (Å²) < 4.78 is 36.8. The molecule has 2 rings (SSSR count). The molecule has 0 radical (unpaired) electrons. The van der Waals surface area contributed by atoms with E-state index in [4.69, 9.17) is 5.73 Å². The number of piperazine rings is 1. The summed E-state index contributed by atoms with van der Waals surface area (Å²) in [5.74, 6) is 0.684. The van der Waals surface area contributed by atoms with Gasteiger partial charge >= 0.3 is 6.18 Å². The molecule has 1 saturated heterocycles. The predicted molar refractivity (Wildman–Crippen MR) is 64.6 cm³/mol. The minimum absolute atomic E-state index is 0.326. The second-order valence-corrected chi connectivity index (χ2v) is 4.47. The van der Waals surface area contributed by atoms with Gasteiger partial charge in [0.2, 0.25) is 0 Å². The summed E-state index contributed by atoms with van der Waals surface area (Å²) in [7, 11) is 0. The lowest BCUT2D eigenvalue weighted by Gasteiger charge is -2.35. The molecular weight excluding hydrogens is 259 g/mol. The third-order valence-electron chi connectivity index (χ3n) is 3.01. The number of anilines is 1. The lowest BCUT2D eigenvalue weighted by molar-refractivity contribution is -0.146. The second kappa shape index (κ2) is 5.70. The van der Waals surface area contributed by atoms with E-state index in [0.717, 1.165) is 0 Å². The Bertz CT molecular complexity index is 398. The zero-order valence-corrected chi connectivity index (χ0v) is 10.4. The van der Waals surface area contributed by atoms with Crippen molar-refractivity contribution in [2.45, 2.75) is 12.7 Å². The number of hydrogen-bond acceptors (Lipinski definition) is 5. The van der Waals surface area contributed by atoms with Crippen molar-refractivity contribution in [1.29, 1.82) is 0 Å². The van der Waals surface area contributed by atoms with E-state index in [1.165, 1.54) is 4.90 Å². The summed E-state index contributed by atoms with van der Waals surface area (Å²) in [4.78, 5) is 3.33. The number of aromatic nitrogens is 2. The van der Waals surface area contributed by atoms with Gasteiger partial charge in [-0.1, -0.05) is 0 Å². The maximum Gasteiger partial charge on any atom is 0.401 e. The van der Waals surface area contributed by atoms with Gasteiger partial charge in [-0.3, -0.25) is 4.90 Å². The van der Waals surface area contributed by atoms with Gasteiger partial charge in [0.05, 0.1) is 12.2 Å². The van der Waals surface area contributed by atoms with Crippen LogP contribution in [-0.4, -0.2) is 54.0 Å². The van der Waals surface area contributed by atoms with Crippen molar-refractivity contribution >= 4 is 5.82 Å².